The van der Waals surface area contributed by atoms with Gasteiger partial charge >= 0.3 is 0 Å². The van der Waals surface area contributed by atoms with E-state index in [-0.39, 0.29) is 11.9 Å². The third-order valence-electron chi connectivity index (χ3n) is 7.05. The number of carbonyl (C=O) groups is 1. The second-order valence-corrected chi connectivity index (χ2v) is 12.0. The summed E-state index contributed by atoms with van der Waals surface area (Å²) in [7, 11) is 3.67. The van der Waals surface area contributed by atoms with Gasteiger partial charge in [-0.2, -0.15) is 0 Å². The van der Waals surface area contributed by atoms with Crippen LogP contribution in [0, 0.1) is 5.92 Å². The minimum Gasteiger partial charge on any atom is -0.494 e. The normalized spacial score (nSPS) is 18.8. The monoisotopic (exact) mass is 541 g/mol. The molecule has 1 saturated carbocycles. The Balaban J connectivity index is 1.46. The number of nitrogens with two attached hydrogens (primary N) is 1. The summed E-state index contributed by atoms with van der Waals surface area (Å²) in [5.74, 6) is 2.27. The lowest BCUT2D eigenvalue weighted by atomic mass is 10.0. The van der Waals surface area contributed by atoms with Crippen LogP contribution in [0.1, 0.15) is 36.0 Å². The van der Waals surface area contributed by atoms with Crippen LogP contribution in [0.3, 0.4) is 0 Å². The highest BCUT2D eigenvalue weighted by molar-refractivity contribution is 9.11. The Bertz CT molecular complexity index is 1420. The fraction of sp³-hybridized carbons (Fsp3) is 0.440. The summed E-state index contributed by atoms with van der Waals surface area (Å²) in [5, 5.41) is 1.23. The molecule has 178 valence electrons. The molecule has 7 nitrogen and oxygen atoms in total. The van der Waals surface area contributed by atoms with Crippen molar-refractivity contribution in [2.24, 2.45) is 18.7 Å². The molecule has 2 aliphatic rings. The number of hydrogen-bond donors (Lipinski definition) is 1. The van der Waals surface area contributed by atoms with Crippen LogP contribution in [0.25, 0.3) is 32.8 Å². The van der Waals surface area contributed by atoms with Crippen LogP contribution in [0.4, 0.5) is 0 Å². The molecule has 1 aliphatic heterocycles. The van der Waals surface area contributed by atoms with Gasteiger partial charge in [0.25, 0.3) is 5.91 Å². The summed E-state index contributed by atoms with van der Waals surface area (Å²) in [6.07, 6.45) is 4.47. The summed E-state index contributed by atoms with van der Waals surface area (Å²) < 4.78 is 11.4. The van der Waals surface area contributed by atoms with Crippen LogP contribution >= 0.6 is 27.3 Å². The van der Waals surface area contributed by atoms with Crippen molar-refractivity contribution in [3.05, 3.63) is 33.6 Å². The molecule has 1 atom stereocenters. The molecule has 3 aromatic heterocycles. The van der Waals surface area contributed by atoms with Crippen molar-refractivity contribution in [3.63, 3.8) is 0 Å². The molecule has 2 N–H and O–H groups in total. The van der Waals surface area contributed by atoms with Gasteiger partial charge in [0.15, 0.2) is 5.82 Å². The lowest BCUT2D eigenvalue weighted by Gasteiger charge is -2.30. The Kier molecular flexibility index (Phi) is 5.46. The van der Waals surface area contributed by atoms with Gasteiger partial charge < -0.3 is 24.5 Å². The number of aromatic nitrogens is 3. The summed E-state index contributed by atoms with van der Waals surface area (Å²) in [4.78, 5) is 21.4. The number of carbonyl (C=O) groups excluding carboxylic acids is 1. The highest BCUT2D eigenvalue weighted by Crippen LogP contribution is 2.41. The molecule has 6 rings (SSSR count). The van der Waals surface area contributed by atoms with E-state index in [9.17, 15) is 4.79 Å². The number of likely N-dealkylation sites (tertiary alicyclic amines) is 1. The largest absolute Gasteiger partial charge is 0.494 e. The molecule has 1 amide bonds. The predicted octanol–water partition coefficient (Wildman–Crippen LogP) is 5.00. The zero-order valence-electron chi connectivity index (χ0n) is 19.4. The molecule has 0 spiro atoms. The van der Waals surface area contributed by atoms with Gasteiger partial charge in [-0.15, -0.1) is 11.3 Å². The fourth-order valence-corrected chi connectivity index (χ4v) is 6.73. The zero-order valence-corrected chi connectivity index (χ0v) is 21.8. The number of rotatable bonds is 5. The van der Waals surface area contributed by atoms with Gasteiger partial charge in [-0.05, 0) is 71.8 Å². The topological polar surface area (TPSA) is 78.3 Å². The maximum absolute atomic E-state index is 13.3. The smallest absolute Gasteiger partial charge is 0.254 e. The Morgan fingerprint density at radius 2 is 2.09 bits per heavy atom. The minimum absolute atomic E-state index is 0.00924. The summed E-state index contributed by atoms with van der Waals surface area (Å²) in [5.41, 5.74) is 9.49. The van der Waals surface area contributed by atoms with Gasteiger partial charge in [0.05, 0.1) is 22.1 Å². The number of nitrogens with zero attached hydrogens (tertiary/aromatic N) is 4. The average molecular weight is 543 g/mol. The number of hydrogen-bond acceptors (Lipinski definition) is 5. The summed E-state index contributed by atoms with van der Waals surface area (Å²) >= 11 is 5.41. The highest BCUT2D eigenvalue weighted by atomic mass is 79.9. The van der Waals surface area contributed by atoms with Crippen molar-refractivity contribution in [1.29, 1.82) is 0 Å². The molecule has 4 aromatic rings. The number of imidazole rings is 1. The van der Waals surface area contributed by atoms with E-state index in [1.807, 2.05) is 24.1 Å². The van der Waals surface area contributed by atoms with E-state index in [2.05, 4.69) is 37.2 Å². The third kappa shape index (κ3) is 3.74. The van der Waals surface area contributed by atoms with Gasteiger partial charge in [0, 0.05) is 43.7 Å². The molecule has 2 fully saturated rings. The maximum Gasteiger partial charge on any atom is 0.254 e. The van der Waals surface area contributed by atoms with Crippen LogP contribution in [-0.2, 0) is 13.6 Å². The number of fused-ring (bicyclic) bond motifs is 2. The maximum atomic E-state index is 13.3. The first-order valence-electron chi connectivity index (χ1n) is 11.8. The molecular formula is C25H28BrN5O2S. The Hall–Kier alpha value is -2.36. The third-order valence-corrected chi connectivity index (χ3v) is 8.73. The summed E-state index contributed by atoms with van der Waals surface area (Å²) in [6, 6.07) is 8.19. The molecule has 1 saturated heterocycles. The van der Waals surface area contributed by atoms with Crippen LogP contribution in [0.2, 0.25) is 0 Å². The lowest BCUT2D eigenvalue weighted by Crippen LogP contribution is -2.45. The Labute approximate surface area is 210 Å². The SMILES string of the molecule is COc1cc(C(=O)N2CCC[C@@H](N)C2)cc2nc(-c3cc4cc(Br)sc4n3CC3CC3)n(C)c12. The van der Waals surface area contributed by atoms with Gasteiger partial charge in [-0.1, -0.05) is 0 Å². The molecule has 0 unspecified atom stereocenters. The molecule has 0 bridgehead atoms. The van der Waals surface area contributed by atoms with E-state index in [0.29, 0.717) is 17.9 Å². The molecule has 1 aromatic carbocycles. The van der Waals surface area contributed by atoms with Crippen molar-refractivity contribution in [1.82, 2.24) is 19.0 Å². The molecule has 34 heavy (non-hydrogen) atoms. The van der Waals surface area contributed by atoms with E-state index in [0.717, 1.165) is 58.2 Å². The van der Waals surface area contributed by atoms with Crippen LogP contribution in [-0.4, -0.2) is 51.2 Å². The van der Waals surface area contributed by atoms with E-state index >= 15 is 0 Å². The molecule has 4 heterocycles. The quantitative estimate of drug-likeness (QED) is 0.385. The number of amides is 1. The number of ether oxygens (including phenoxy) is 1. The standard InChI is InChI=1S/C25H28BrN5O2S/c1-29-22-18(8-15(10-20(22)33-2)24(32)30-7-3-4-17(27)13-30)28-23(29)19-9-16-11-21(26)34-25(16)31(19)12-14-5-6-14/h8-11,14,17H,3-7,12-13,27H2,1-2H3/t17-/m1/s1. The van der Waals surface area contributed by atoms with Crippen LogP contribution < -0.4 is 10.5 Å². The van der Waals surface area contributed by atoms with Crippen LogP contribution in [0.5, 0.6) is 5.75 Å². The van der Waals surface area contributed by atoms with E-state index < -0.39 is 0 Å². The second-order valence-electron chi connectivity index (χ2n) is 9.59. The number of methoxy groups -OCH3 is 1. The first-order valence-corrected chi connectivity index (χ1v) is 13.4. The fourth-order valence-electron chi connectivity index (χ4n) is 5.13. The van der Waals surface area contributed by atoms with Crippen molar-refractivity contribution in [3.8, 4) is 17.3 Å². The van der Waals surface area contributed by atoms with Crippen LogP contribution in [0.15, 0.2) is 28.1 Å². The lowest BCUT2D eigenvalue weighted by molar-refractivity contribution is 0.0708. The summed E-state index contributed by atoms with van der Waals surface area (Å²) in [6.45, 7) is 2.33. The van der Waals surface area contributed by atoms with Crippen molar-refractivity contribution in [2.45, 2.75) is 38.3 Å². The second kappa shape index (κ2) is 8.39. The number of benzene rings is 1. The number of thiophene rings is 1. The molecule has 1 aliphatic carbocycles. The average Bonchev–Trinajstić information content (AvgIpc) is 3.38. The van der Waals surface area contributed by atoms with Gasteiger partial charge in [-0.25, -0.2) is 4.98 Å². The van der Waals surface area contributed by atoms with E-state index in [1.165, 1.54) is 23.1 Å². The van der Waals surface area contributed by atoms with Gasteiger partial charge in [0.1, 0.15) is 16.1 Å². The van der Waals surface area contributed by atoms with Gasteiger partial charge in [-0.3, -0.25) is 4.79 Å². The van der Waals surface area contributed by atoms with E-state index in [1.54, 1.807) is 18.4 Å². The molecule has 0 radical (unpaired) electrons. The number of halogens is 1. The van der Waals surface area contributed by atoms with Crippen molar-refractivity contribution in [2.75, 3.05) is 20.2 Å². The Morgan fingerprint density at radius 3 is 2.82 bits per heavy atom. The molecular weight excluding hydrogens is 514 g/mol. The first-order chi connectivity index (χ1) is 16.4. The highest BCUT2D eigenvalue weighted by Gasteiger charge is 2.28. The van der Waals surface area contributed by atoms with Gasteiger partial charge in [0.2, 0.25) is 0 Å². The van der Waals surface area contributed by atoms with Crippen molar-refractivity contribution < 1.29 is 9.53 Å². The van der Waals surface area contributed by atoms with Crippen molar-refractivity contribution >= 4 is 54.4 Å². The number of aryl methyl sites for hydroxylation is 1. The molecule has 9 heteroatoms. The van der Waals surface area contributed by atoms with E-state index in [4.69, 9.17) is 15.5 Å². The predicted molar refractivity (Wildman–Crippen MR) is 140 cm³/mol. The minimum atomic E-state index is -0.00924. The Morgan fingerprint density at radius 1 is 1.26 bits per heavy atom. The first kappa shape index (κ1) is 22.1. The number of piperidine rings is 1. The zero-order chi connectivity index (χ0) is 23.6.